The van der Waals surface area contributed by atoms with Crippen molar-refractivity contribution in [3.05, 3.63) is 0 Å². The van der Waals surface area contributed by atoms with Crippen molar-refractivity contribution in [2.45, 2.75) is 52.7 Å². The molecule has 0 aromatic heterocycles. The molecule has 5 nitrogen and oxygen atoms in total. The van der Waals surface area contributed by atoms with Gasteiger partial charge in [0, 0.05) is 25.7 Å². The number of alkyl halides is 1. The fourth-order valence-electron chi connectivity index (χ4n) is 2.43. The Labute approximate surface area is 132 Å². The lowest BCUT2D eigenvalue weighted by Crippen LogP contribution is -2.42. The Morgan fingerprint density at radius 1 is 1.38 bits per heavy atom. The van der Waals surface area contributed by atoms with E-state index in [1.807, 2.05) is 34.6 Å². The molecule has 21 heavy (non-hydrogen) atoms. The second-order valence-corrected chi connectivity index (χ2v) is 7.12. The lowest BCUT2D eigenvalue weighted by Gasteiger charge is -2.29. The number of hydrogen-bond acceptors (Lipinski definition) is 3. The number of rotatable bonds is 4. The quantitative estimate of drug-likeness (QED) is 0.749. The van der Waals surface area contributed by atoms with Crippen LogP contribution in [0, 0.1) is 5.92 Å². The number of likely N-dealkylation sites (tertiary alicyclic amines) is 1. The van der Waals surface area contributed by atoms with Crippen molar-refractivity contribution in [3.63, 3.8) is 0 Å². The summed E-state index contributed by atoms with van der Waals surface area (Å²) < 4.78 is 5.38. The Morgan fingerprint density at radius 2 is 2.00 bits per heavy atom. The van der Waals surface area contributed by atoms with Gasteiger partial charge in [0.15, 0.2) is 0 Å². The van der Waals surface area contributed by atoms with Gasteiger partial charge in [0.05, 0.1) is 0 Å². The minimum Gasteiger partial charge on any atom is -0.444 e. The van der Waals surface area contributed by atoms with E-state index < -0.39 is 5.60 Å². The van der Waals surface area contributed by atoms with E-state index in [2.05, 4.69) is 0 Å². The topological polar surface area (TPSA) is 49.9 Å². The predicted octanol–water partition coefficient (Wildman–Crippen LogP) is 2.72. The molecule has 122 valence electrons. The van der Waals surface area contributed by atoms with Gasteiger partial charge in [-0.05, 0) is 47.0 Å². The fourth-order valence-corrected chi connectivity index (χ4v) is 2.58. The van der Waals surface area contributed by atoms with E-state index >= 15 is 0 Å². The third-order valence-corrected chi connectivity index (χ3v) is 3.68. The number of nitrogens with zero attached hydrogens (tertiary/aromatic N) is 2. The highest BCUT2D eigenvalue weighted by atomic mass is 35.5. The van der Waals surface area contributed by atoms with Crippen LogP contribution in [0.4, 0.5) is 4.79 Å². The summed E-state index contributed by atoms with van der Waals surface area (Å²) in [6.45, 7) is 11.5. The molecule has 0 spiro atoms. The SMILES string of the molecule is CC(C)N(C[C@@H]1CCN(C(=O)OC(C)(C)C)C1)C(=O)CCl. The first-order chi connectivity index (χ1) is 9.64. The van der Waals surface area contributed by atoms with Crippen molar-refractivity contribution in [1.29, 1.82) is 0 Å². The number of amides is 2. The van der Waals surface area contributed by atoms with Crippen LogP contribution < -0.4 is 0 Å². The van der Waals surface area contributed by atoms with E-state index in [0.717, 1.165) is 6.42 Å². The summed E-state index contributed by atoms with van der Waals surface area (Å²) in [4.78, 5) is 27.4. The van der Waals surface area contributed by atoms with E-state index in [1.165, 1.54) is 0 Å². The third-order valence-electron chi connectivity index (χ3n) is 3.45. The van der Waals surface area contributed by atoms with Gasteiger partial charge in [0.1, 0.15) is 11.5 Å². The molecule has 1 fully saturated rings. The van der Waals surface area contributed by atoms with Crippen LogP contribution in [0.5, 0.6) is 0 Å². The monoisotopic (exact) mass is 318 g/mol. The van der Waals surface area contributed by atoms with E-state index in [9.17, 15) is 9.59 Å². The summed E-state index contributed by atoms with van der Waals surface area (Å²) in [5, 5.41) is 0. The molecule has 1 rings (SSSR count). The van der Waals surface area contributed by atoms with E-state index in [1.54, 1.807) is 9.80 Å². The molecule has 0 saturated carbocycles. The minimum absolute atomic E-state index is 0.000675. The van der Waals surface area contributed by atoms with E-state index in [4.69, 9.17) is 16.3 Å². The van der Waals surface area contributed by atoms with Crippen LogP contribution in [0.25, 0.3) is 0 Å². The van der Waals surface area contributed by atoms with Crippen molar-refractivity contribution < 1.29 is 14.3 Å². The molecule has 0 aromatic rings. The van der Waals surface area contributed by atoms with Crippen LogP contribution in [0.15, 0.2) is 0 Å². The molecule has 0 bridgehead atoms. The number of halogens is 1. The molecule has 6 heteroatoms. The van der Waals surface area contributed by atoms with Crippen molar-refractivity contribution in [3.8, 4) is 0 Å². The molecule has 1 aliphatic heterocycles. The molecule has 0 aliphatic carbocycles. The molecule has 0 aromatic carbocycles. The summed E-state index contributed by atoms with van der Waals surface area (Å²) in [6.07, 6.45) is 0.614. The minimum atomic E-state index is -0.478. The largest absolute Gasteiger partial charge is 0.444 e. The van der Waals surface area contributed by atoms with Crippen molar-refractivity contribution in [1.82, 2.24) is 9.80 Å². The summed E-state index contributed by atoms with van der Waals surface area (Å²) >= 11 is 5.65. The molecule has 2 amide bonds. The molecular formula is C15H27ClN2O3. The summed E-state index contributed by atoms with van der Waals surface area (Å²) in [6, 6.07) is 0.117. The zero-order valence-electron chi connectivity index (χ0n) is 13.7. The lowest BCUT2D eigenvalue weighted by atomic mass is 10.1. The maximum Gasteiger partial charge on any atom is 0.410 e. The highest BCUT2D eigenvalue weighted by molar-refractivity contribution is 6.27. The molecule has 1 saturated heterocycles. The Kier molecular flexibility index (Phi) is 6.32. The van der Waals surface area contributed by atoms with Gasteiger partial charge in [0.25, 0.3) is 0 Å². The number of ether oxygens (including phenoxy) is 1. The van der Waals surface area contributed by atoms with Crippen molar-refractivity contribution in [2.24, 2.45) is 5.92 Å². The fraction of sp³-hybridized carbons (Fsp3) is 0.867. The Morgan fingerprint density at radius 3 is 2.48 bits per heavy atom. The summed E-state index contributed by atoms with van der Waals surface area (Å²) in [5.41, 5.74) is -0.478. The van der Waals surface area contributed by atoms with Crippen LogP contribution in [0.1, 0.15) is 41.0 Å². The normalized spacial score (nSPS) is 19.0. The zero-order valence-corrected chi connectivity index (χ0v) is 14.4. The Bertz CT molecular complexity index is 380. The lowest BCUT2D eigenvalue weighted by molar-refractivity contribution is -0.130. The molecule has 0 unspecified atom stereocenters. The van der Waals surface area contributed by atoms with Crippen LogP contribution in [-0.4, -0.2) is 59.0 Å². The maximum atomic E-state index is 12.0. The Hall–Kier alpha value is -0.970. The van der Waals surface area contributed by atoms with Gasteiger partial charge in [-0.2, -0.15) is 0 Å². The predicted molar refractivity (Wildman–Crippen MR) is 83.5 cm³/mol. The maximum absolute atomic E-state index is 12.0. The second-order valence-electron chi connectivity index (χ2n) is 6.85. The highest BCUT2D eigenvalue weighted by Gasteiger charge is 2.31. The second kappa shape index (κ2) is 7.34. The molecular weight excluding hydrogens is 292 g/mol. The molecule has 1 aliphatic rings. The van der Waals surface area contributed by atoms with Crippen LogP contribution >= 0.6 is 11.6 Å². The van der Waals surface area contributed by atoms with Crippen molar-refractivity contribution >= 4 is 23.6 Å². The van der Waals surface area contributed by atoms with Crippen LogP contribution in [0.3, 0.4) is 0 Å². The van der Waals surface area contributed by atoms with E-state index in [0.29, 0.717) is 19.6 Å². The first kappa shape index (κ1) is 18.1. The smallest absolute Gasteiger partial charge is 0.410 e. The molecule has 0 radical (unpaired) electrons. The molecule has 1 heterocycles. The number of hydrogen-bond donors (Lipinski definition) is 0. The van der Waals surface area contributed by atoms with Crippen LogP contribution in [-0.2, 0) is 9.53 Å². The molecule has 1 atom stereocenters. The highest BCUT2D eigenvalue weighted by Crippen LogP contribution is 2.21. The van der Waals surface area contributed by atoms with Crippen molar-refractivity contribution in [2.75, 3.05) is 25.5 Å². The van der Waals surface area contributed by atoms with Crippen LogP contribution in [0.2, 0.25) is 0 Å². The van der Waals surface area contributed by atoms with E-state index in [-0.39, 0.29) is 29.8 Å². The first-order valence-corrected chi connectivity index (χ1v) is 8.01. The van der Waals surface area contributed by atoms with Gasteiger partial charge in [-0.1, -0.05) is 0 Å². The van der Waals surface area contributed by atoms with Gasteiger partial charge in [0.2, 0.25) is 5.91 Å². The summed E-state index contributed by atoms with van der Waals surface area (Å²) in [7, 11) is 0. The van der Waals surface area contributed by atoms with Gasteiger partial charge < -0.3 is 14.5 Å². The average molecular weight is 319 g/mol. The molecule has 0 N–H and O–H groups in total. The Balaban J connectivity index is 2.54. The van der Waals surface area contributed by atoms with Gasteiger partial charge in [-0.15, -0.1) is 11.6 Å². The third kappa shape index (κ3) is 5.73. The average Bonchev–Trinajstić information content (AvgIpc) is 2.81. The standard InChI is InChI=1S/C15H27ClN2O3/c1-11(2)18(13(19)8-16)10-12-6-7-17(9-12)14(20)21-15(3,4)5/h11-12H,6-10H2,1-5H3/t12-/m1/s1. The summed E-state index contributed by atoms with van der Waals surface area (Å²) in [5.74, 6) is 0.232. The zero-order chi connectivity index (χ0) is 16.2. The first-order valence-electron chi connectivity index (χ1n) is 7.47. The number of carbonyl (C=O) groups excluding carboxylic acids is 2. The van der Waals surface area contributed by atoms with Gasteiger partial charge in [-0.3, -0.25) is 4.79 Å². The van der Waals surface area contributed by atoms with Gasteiger partial charge >= 0.3 is 6.09 Å². The number of carbonyl (C=O) groups is 2. The van der Waals surface area contributed by atoms with Gasteiger partial charge in [-0.25, -0.2) is 4.79 Å².